The summed E-state index contributed by atoms with van der Waals surface area (Å²) in [5, 5.41) is 0. The Bertz CT molecular complexity index is 814. The average Bonchev–Trinajstić information content (AvgIpc) is 2.46. The maximum absolute atomic E-state index is 11.9. The maximum atomic E-state index is 11.9. The van der Waals surface area contributed by atoms with Crippen LogP contribution < -0.4 is 10.3 Å². The number of ether oxygens (including phenoxy) is 1. The fraction of sp³-hybridized carbons (Fsp3) is 0.0667. The van der Waals surface area contributed by atoms with Gasteiger partial charge in [-0.3, -0.25) is 9.20 Å². The van der Waals surface area contributed by atoms with E-state index in [0.29, 0.717) is 11.3 Å². The van der Waals surface area contributed by atoms with E-state index < -0.39 is 0 Å². The first-order valence-electron chi connectivity index (χ1n) is 6.09. The topological polar surface area (TPSA) is 43.6 Å². The molecule has 0 aliphatic carbocycles. The minimum absolute atomic E-state index is 0.100. The van der Waals surface area contributed by atoms with Crippen LogP contribution >= 0.6 is 22.6 Å². The molecule has 0 aliphatic rings. The monoisotopic (exact) mass is 378 g/mol. The number of halogens is 1. The van der Waals surface area contributed by atoms with Crippen LogP contribution in [0.1, 0.15) is 5.69 Å². The van der Waals surface area contributed by atoms with Crippen molar-refractivity contribution in [3.63, 3.8) is 0 Å². The normalized spacial score (nSPS) is 10.7. The quantitative estimate of drug-likeness (QED) is 0.659. The molecule has 100 valence electrons. The highest BCUT2D eigenvalue weighted by atomic mass is 127. The molecular formula is C15H11IN2O2. The Labute approximate surface area is 129 Å². The first kappa shape index (κ1) is 13.1. The predicted octanol–water partition coefficient (Wildman–Crippen LogP) is 2.88. The number of hydrogen-bond acceptors (Lipinski definition) is 3. The van der Waals surface area contributed by atoms with Crippen LogP contribution in [-0.4, -0.2) is 9.38 Å². The van der Waals surface area contributed by atoms with Gasteiger partial charge in [-0.25, -0.2) is 4.98 Å². The van der Waals surface area contributed by atoms with Crippen LogP contribution in [-0.2, 0) is 6.61 Å². The molecule has 0 saturated heterocycles. The minimum Gasteiger partial charge on any atom is -0.486 e. The molecule has 0 spiro atoms. The van der Waals surface area contributed by atoms with E-state index in [4.69, 9.17) is 4.74 Å². The molecule has 0 aliphatic heterocycles. The van der Waals surface area contributed by atoms with Crippen LogP contribution in [0, 0.1) is 3.57 Å². The second kappa shape index (κ2) is 5.62. The van der Waals surface area contributed by atoms with Crippen molar-refractivity contribution in [3.05, 3.63) is 74.3 Å². The summed E-state index contributed by atoms with van der Waals surface area (Å²) in [6.45, 7) is 0.278. The van der Waals surface area contributed by atoms with Crippen molar-refractivity contribution in [1.29, 1.82) is 0 Å². The van der Waals surface area contributed by atoms with Crippen LogP contribution in [0.4, 0.5) is 0 Å². The SMILES string of the molecule is O=c1cc(COc2ccccc2I)nc2ccccn12. The zero-order valence-electron chi connectivity index (χ0n) is 10.5. The molecule has 3 aromatic rings. The van der Waals surface area contributed by atoms with E-state index in [9.17, 15) is 4.79 Å². The lowest BCUT2D eigenvalue weighted by atomic mass is 10.3. The van der Waals surface area contributed by atoms with Crippen LogP contribution in [0.5, 0.6) is 5.75 Å². The van der Waals surface area contributed by atoms with Crippen LogP contribution in [0.3, 0.4) is 0 Å². The summed E-state index contributed by atoms with van der Waals surface area (Å²) < 4.78 is 8.25. The van der Waals surface area contributed by atoms with Crippen molar-refractivity contribution in [2.45, 2.75) is 6.61 Å². The summed E-state index contributed by atoms with van der Waals surface area (Å²) in [6.07, 6.45) is 1.70. The molecule has 1 aromatic carbocycles. The van der Waals surface area contributed by atoms with Gasteiger partial charge in [0.1, 0.15) is 18.0 Å². The average molecular weight is 378 g/mol. The molecule has 3 rings (SSSR count). The standard InChI is InChI=1S/C15H11IN2O2/c16-12-5-1-2-6-13(12)20-10-11-9-15(19)18-8-4-3-7-14(18)17-11/h1-9H,10H2. The smallest absolute Gasteiger partial charge is 0.258 e. The molecule has 20 heavy (non-hydrogen) atoms. The van der Waals surface area contributed by atoms with Crippen molar-refractivity contribution < 1.29 is 4.74 Å². The molecule has 0 saturated carbocycles. The lowest BCUT2D eigenvalue weighted by Crippen LogP contribution is -2.16. The van der Waals surface area contributed by atoms with Gasteiger partial charge in [0.2, 0.25) is 0 Å². The maximum Gasteiger partial charge on any atom is 0.258 e. The Morgan fingerprint density at radius 1 is 1.15 bits per heavy atom. The third-order valence-corrected chi connectivity index (χ3v) is 3.73. The van der Waals surface area contributed by atoms with E-state index in [2.05, 4.69) is 27.6 Å². The Balaban J connectivity index is 1.88. The Morgan fingerprint density at radius 3 is 2.80 bits per heavy atom. The summed E-state index contributed by atoms with van der Waals surface area (Å²) in [5.41, 5.74) is 1.15. The predicted molar refractivity (Wildman–Crippen MR) is 85.0 cm³/mol. The summed E-state index contributed by atoms with van der Waals surface area (Å²) in [5.74, 6) is 0.795. The fourth-order valence-electron chi connectivity index (χ4n) is 1.89. The second-order valence-corrected chi connectivity index (χ2v) is 5.40. The summed E-state index contributed by atoms with van der Waals surface area (Å²) in [6, 6.07) is 14.7. The third kappa shape index (κ3) is 2.67. The van der Waals surface area contributed by atoms with Gasteiger partial charge in [0.25, 0.3) is 5.56 Å². The van der Waals surface area contributed by atoms with Gasteiger partial charge in [-0.2, -0.15) is 0 Å². The lowest BCUT2D eigenvalue weighted by Gasteiger charge is -2.08. The number of hydrogen-bond donors (Lipinski definition) is 0. The van der Waals surface area contributed by atoms with E-state index in [0.717, 1.165) is 9.32 Å². The summed E-state index contributed by atoms with van der Waals surface area (Å²) >= 11 is 2.21. The number of aromatic nitrogens is 2. The van der Waals surface area contributed by atoms with Gasteiger partial charge in [0.15, 0.2) is 0 Å². The van der Waals surface area contributed by atoms with Gasteiger partial charge in [-0.15, -0.1) is 0 Å². The van der Waals surface area contributed by atoms with Gasteiger partial charge >= 0.3 is 0 Å². The second-order valence-electron chi connectivity index (χ2n) is 4.23. The number of fused-ring (bicyclic) bond motifs is 1. The Morgan fingerprint density at radius 2 is 1.95 bits per heavy atom. The molecular weight excluding hydrogens is 367 g/mol. The van der Waals surface area contributed by atoms with E-state index in [1.54, 1.807) is 18.3 Å². The first-order valence-corrected chi connectivity index (χ1v) is 7.16. The molecule has 0 atom stereocenters. The number of benzene rings is 1. The van der Waals surface area contributed by atoms with E-state index in [-0.39, 0.29) is 12.2 Å². The van der Waals surface area contributed by atoms with Gasteiger partial charge in [-0.1, -0.05) is 18.2 Å². The molecule has 0 amide bonds. The number of nitrogens with zero attached hydrogens (tertiary/aromatic N) is 2. The summed E-state index contributed by atoms with van der Waals surface area (Å²) in [7, 11) is 0. The molecule has 5 heteroatoms. The largest absolute Gasteiger partial charge is 0.486 e. The molecule has 0 N–H and O–H groups in total. The zero-order valence-corrected chi connectivity index (χ0v) is 12.6. The van der Waals surface area contributed by atoms with Crippen LogP contribution in [0.15, 0.2) is 59.5 Å². The van der Waals surface area contributed by atoms with E-state index >= 15 is 0 Å². The first-order chi connectivity index (χ1) is 9.74. The molecule has 0 unspecified atom stereocenters. The van der Waals surface area contributed by atoms with Gasteiger partial charge < -0.3 is 4.74 Å². The summed E-state index contributed by atoms with van der Waals surface area (Å²) in [4.78, 5) is 16.4. The number of rotatable bonds is 3. The zero-order chi connectivity index (χ0) is 13.9. The Kier molecular flexibility index (Phi) is 3.68. The Hall–Kier alpha value is -1.89. The third-order valence-electron chi connectivity index (χ3n) is 2.84. The molecule has 2 aromatic heterocycles. The van der Waals surface area contributed by atoms with Crippen molar-refractivity contribution in [2.24, 2.45) is 0 Å². The fourth-order valence-corrected chi connectivity index (χ4v) is 2.43. The lowest BCUT2D eigenvalue weighted by molar-refractivity contribution is 0.299. The van der Waals surface area contributed by atoms with Gasteiger partial charge in [0, 0.05) is 12.3 Å². The van der Waals surface area contributed by atoms with E-state index in [1.165, 1.54) is 10.5 Å². The van der Waals surface area contributed by atoms with Crippen molar-refractivity contribution in [2.75, 3.05) is 0 Å². The molecule has 0 bridgehead atoms. The van der Waals surface area contributed by atoms with Gasteiger partial charge in [-0.05, 0) is 46.9 Å². The highest BCUT2D eigenvalue weighted by Gasteiger charge is 2.04. The number of pyridine rings is 1. The minimum atomic E-state index is -0.100. The number of para-hydroxylation sites is 1. The highest BCUT2D eigenvalue weighted by Crippen LogP contribution is 2.20. The van der Waals surface area contributed by atoms with Crippen molar-refractivity contribution in [1.82, 2.24) is 9.38 Å². The van der Waals surface area contributed by atoms with Gasteiger partial charge in [0.05, 0.1) is 9.26 Å². The van der Waals surface area contributed by atoms with Crippen LogP contribution in [0.2, 0.25) is 0 Å². The highest BCUT2D eigenvalue weighted by molar-refractivity contribution is 14.1. The molecule has 0 radical (unpaired) electrons. The molecule has 0 fully saturated rings. The van der Waals surface area contributed by atoms with Crippen LogP contribution in [0.25, 0.3) is 5.65 Å². The molecule has 2 heterocycles. The van der Waals surface area contributed by atoms with Crippen molar-refractivity contribution in [3.8, 4) is 5.75 Å². The van der Waals surface area contributed by atoms with Crippen molar-refractivity contribution >= 4 is 28.2 Å². The molecule has 4 nitrogen and oxygen atoms in total. The van der Waals surface area contributed by atoms with E-state index in [1.807, 2.05) is 30.3 Å².